The number of carbonyl (C=O) groups is 2. The fourth-order valence-corrected chi connectivity index (χ4v) is 0.711. The molecule has 0 bridgehead atoms. The standard InChI is InChI=1S/C5H9NO4S.C4H10.C2H6/c1-10-4(7)3(2-11)6-5(8)9;1-4(2)3;1-2/h3,6,11H,2H2,1H3,(H,8,9);4H,1-3H3;1-2H3. The molecular formula is C11H25NO4S. The number of hydrogen-bond donors (Lipinski definition) is 3. The number of carboxylic acid groups (broad SMARTS) is 1. The lowest BCUT2D eigenvalue weighted by Gasteiger charge is -2.10. The highest BCUT2D eigenvalue weighted by Gasteiger charge is 2.18. The Morgan fingerprint density at radius 3 is 1.82 bits per heavy atom. The monoisotopic (exact) mass is 267 g/mol. The molecule has 0 radical (unpaired) electrons. The predicted octanol–water partition coefficient (Wildman–Crippen LogP) is 2.41. The zero-order valence-corrected chi connectivity index (χ0v) is 12.4. The molecule has 0 rings (SSSR count). The van der Waals surface area contributed by atoms with Crippen molar-refractivity contribution < 1.29 is 19.4 Å². The van der Waals surface area contributed by atoms with E-state index in [0.29, 0.717) is 0 Å². The molecule has 104 valence electrons. The number of amides is 1. The Morgan fingerprint density at radius 1 is 1.29 bits per heavy atom. The van der Waals surface area contributed by atoms with Crippen molar-refractivity contribution in [2.75, 3.05) is 12.9 Å². The highest BCUT2D eigenvalue weighted by molar-refractivity contribution is 7.80. The van der Waals surface area contributed by atoms with Crippen LogP contribution in [0.5, 0.6) is 0 Å². The van der Waals surface area contributed by atoms with Crippen LogP contribution in [0.3, 0.4) is 0 Å². The average molecular weight is 267 g/mol. The van der Waals surface area contributed by atoms with Crippen LogP contribution in [0.2, 0.25) is 0 Å². The van der Waals surface area contributed by atoms with Gasteiger partial charge in [0.05, 0.1) is 7.11 Å². The summed E-state index contributed by atoms with van der Waals surface area (Å²) in [7, 11) is 1.18. The van der Waals surface area contributed by atoms with E-state index < -0.39 is 18.1 Å². The van der Waals surface area contributed by atoms with Crippen molar-refractivity contribution in [1.82, 2.24) is 5.32 Å². The van der Waals surface area contributed by atoms with Gasteiger partial charge in [-0.05, 0) is 5.92 Å². The van der Waals surface area contributed by atoms with Gasteiger partial charge in [-0.3, -0.25) is 0 Å². The molecule has 0 aromatic rings. The van der Waals surface area contributed by atoms with Gasteiger partial charge in [-0.2, -0.15) is 12.6 Å². The second-order valence-corrected chi connectivity index (χ2v) is 3.81. The van der Waals surface area contributed by atoms with Crippen LogP contribution >= 0.6 is 12.6 Å². The summed E-state index contributed by atoms with van der Waals surface area (Å²) in [6.45, 7) is 10.5. The molecule has 1 amide bonds. The molecule has 0 aliphatic rings. The fraction of sp³-hybridized carbons (Fsp3) is 0.818. The molecule has 0 saturated carbocycles. The van der Waals surface area contributed by atoms with Crippen LogP contribution in [0.15, 0.2) is 0 Å². The predicted molar refractivity (Wildman–Crippen MR) is 72.7 cm³/mol. The maximum absolute atomic E-state index is 10.7. The average Bonchev–Trinajstić information content (AvgIpc) is 2.26. The first-order chi connectivity index (χ1) is 7.84. The minimum atomic E-state index is -1.27. The van der Waals surface area contributed by atoms with E-state index in [1.807, 2.05) is 19.2 Å². The minimum Gasteiger partial charge on any atom is -0.467 e. The topological polar surface area (TPSA) is 75.6 Å². The molecule has 2 N–H and O–H groups in total. The summed E-state index contributed by atoms with van der Waals surface area (Å²) in [6, 6.07) is -0.888. The molecule has 0 heterocycles. The molecule has 0 aromatic heterocycles. The van der Waals surface area contributed by atoms with Crippen molar-refractivity contribution in [2.45, 2.75) is 40.7 Å². The van der Waals surface area contributed by atoms with Crippen LogP contribution in [-0.4, -0.2) is 36.1 Å². The van der Waals surface area contributed by atoms with E-state index >= 15 is 0 Å². The van der Waals surface area contributed by atoms with Gasteiger partial charge in [-0.15, -0.1) is 0 Å². The fourth-order valence-electron chi connectivity index (χ4n) is 0.470. The van der Waals surface area contributed by atoms with E-state index in [4.69, 9.17) is 5.11 Å². The van der Waals surface area contributed by atoms with E-state index in [0.717, 1.165) is 5.92 Å². The van der Waals surface area contributed by atoms with Gasteiger partial charge in [0.2, 0.25) is 0 Å². The highest BCUT2D eigenvalue weighted by Crippen LogP contribution is 1.90. The van der Waals surface area contributed by atoms with Crippen molar-refractivity contribution in [1.29, 1.82) is 0 Å². The Balaban J connectivity index is -0.000000275. The number of methoxy groups -OCH3 is 1. The maximum atomic E-state index is 10.7. The summed E-state index contributed by atoms with van der Waals surface area (Å²) < 4.78 is 4.29. The largest absolute Gasteiger partial charge is 0.467 e. The number of esters is 1. The molecule has 1 unspecified atom stereocenters. The second kappa shape index (κ2) is 15.1. The normalized spacial score (nSPS) is 10.1. The van der Waals surface area contributed by atoms with Crippen molar-refractivity contribution in [3.8, 4) is 0 Å². The smallest absolute Gasteiger partial charge is 0.405 e. The van der Waals surface area contributed by atoms with Crippen molar-refractivity contribution in [3.05, 3.63) is 0 Å². The quantitative estimate of drug-likeness (QED) is 0.542. The first-order valence-electron chi connectivity index (χ1n) is 5.53. The third-order valence-electron chi connectivity index (χ3n) is 0.966. The van der Waals surface area contributed by atoms with E-state index in [-0.39, 0.29) is 5.75 Å². The van der Waals surface area contributed by atoms with Gasteiger partial charge in [-0.25, -0.2) is 9.59 Å². The number of hydrogen-bond acceptors (Lipinski definition) is 4. The first kappa shape index (κ1) is 21.4. The number of rotatable bonds is 3. The van der Waals surface area contributed by atoms with Gasteiger partial charge < -0.3 is 15.2 Å². The molecule has 5 nitrogen and oxygen atoms in total. The van der Waals surface area contributed by atoms with E-state index in [2.05, 4.69) is 38.1 Å². The molecule has 6 heteroatoms. The van der Waals surface area contributed by atoms with Crippen molar-refractivity contribution in [3.63, 3.8) is 0 Å². The summed E-state index contributed by atoms with van der Waals surface area (Å²) in [4.78, 5) is 20.7. The SMILES string of the molecule is CC.CC(C)C.COC(=O)C(CS)NC(=O)O. The van der Waals surface area contributed by atoms with Gasteiger partial charge >= 0.3 is 12.1 Å². The van der Waals surface area contributed by atoms with Gasteiger partial charge in [-0.1, -0.05) is 34.6 Å². The molecular weight excluding hydrogens is 242 g/mol. The zero-order chi connectivity index (χ0) is 14.4. The lowest BCUT2D eigenvalue weighted by molar-refractivity contribution is -0.142. The Bertz CT molecular complexity index is 195. The second-order valence-electron chi connectivity index (χ2n) is 3.44. The summed E-state index contributed by atoms with van der Waals surface area (Å²) in [5.41, 5.74) is 0. The Kier molecular flexibility index (Phi) is 19.0. The molecule has 0 aliphatic heterocycles. The van der Waals surface area contributed by atoms with E-state index in [1.165, 1.54) is 7.11 Å². The zero-order valence-electron chi connectivity index (χ0n) is 11.5. The number of carbonyl (C=O) groups excluding carboxylic acids is 1. The number of ether oxygens (including phenoxy) is 1. The molecule has 17 heavy (non-hydrogen) atoms. The van der Waals surface area contributed by atoms with Crippen LogP contribution in [0.25, 0.3) is 0 Å². The van der Waals surface area contributed by atoms with Gasteiger partial charge in [0.1, 0.15) is 6.04 Å². The van der Waals surface area contributed by atoms with Crippen LogP contribution in [0.4, 0.5) is 4.79 Å². The molecule has 0 saturated heterocycles. The summed E-state index contributed by atoms with van der Waals surface area (Å²) in [5, 5.41) is 10.2. The third kappa shape index (κ3) is 21.0. The molecule has 0 fully saturated rings. The van der Waals surface area contributed by atoms with Crippen LogP contribution in [0.1, 0.15) is 34.6 Å². The minimum absolute atomic E-state index is 0.0823. The first-order valence-corrected chi connectivity index (χ1v) is 6.16. The van der Waals surface area contributed by atoms with Crippen LogP contribution in [-0.2, 0) is 9.53 Å². The number of nitrogens with one attached hydrogen (secondary N) is 1. The van der Waals surface area contributed by atoms with Crippen LogP contribution < -0.4 is 5.32 Å². The van der Waals surface area contributed by atoms with Crippen molar-refractivity contribution >= 4 is 24.7 Å². The lowest BCUT2D eigenvalue weighted by Crippen LogP contribution is -2.42. The molecule has 0 aromatic carbocycles. The summed E-state index contributed by atoms with van der Waals surface area (Å²) in [6.07, 6.45) is -1.27. The summed E-state index contributed by atoms with van der Waals surface area (Å²) >= 11 is 3.76. The lowest BCUT2D eigenvalue weighted by atomic mass is 10.3. The highest BCUT2D eigenvalue weighted by atomic mass is 32.1. The summed E-state index contributed by atoms with van der Waals surface area (Å²) in [5.74, 6) is 0.279. The van der Waals surface area contributed by atoms with Gasteiger partial charge in [0.15, 0.2) is 0 Å². The van der Waals surface area contributed by atoms with Gasteiger partial charge in [0, 0.05) is 5.75 Å². The van der Waals surface area contributed by atoms with Crippen LogP contribution in [0, 0.1) is 5.92 Å². The Labute approximate surface area is 109 Å². The third-order valence-corrected chi connectivity index (χ3v) is 1.33. The maximum Gasteiger partial charge on any atom is 0.405 e. The Hall–Kier alpha value is -0.910. The molecule has 0 spiro atoms. The molecule has 0 aliphatic carbocycles. The van der Waals surface area contributed by atoms with E-state index in [9.17, 15) is 9.59 Å². The Morgan fingerprint density at radius 2 is 1.65 bits per heavy atom. The van der Waals surface area contributed by atoms with Gasteiger partial charge in [0.25, 0.3) is 0 Å². The number of thiol groups is 1. The molecule has 1 atom stereocenters. The van der Waals surface area contributed by atoms with E-state index in [1.54, 1.807) is 0 Å². The van der Waals surface area contributed by atoms with Crippen molar-refractivity contribution in [2.24, 2.45) is 5.92 Å².